The molecule has 0 bridgehead atoms. The maximum Gasteiger partial charge on any atom is 0.141 e. The molecule has 0 aliphatic carbocycles. The summed E-state index contributed by atoms with van der Waals surface area (Å²) in [5.74, 6) is 9.62. The summed E-state index contributed by atoms with van der Waals surface area (Å²) in [6.07, 6.45) is 5.57. The van der Waals surface area contributed by atoms with Gasteiger partial charge in [0, 0.05) is 9.79 Å². The first-order valence-corrected chi connectivity index (χ1v) is 9.92. The number of terminal acetylenes is 1. The Kier molecular flexibility index (Phi) is 5.94. The third kappa shape index (κ3) is 3.75. The molecule has 3 rings (SSSR count). The number of hydrogen-bond acceptors (Lipinski definition) is 2. The van der Waals surface area contributed by atoms with Gasteiger partial charge in [0.25, 0.3) is 0 Å². The van der Waals surface area contributed by atoms with Crippen molar-refractivity contribution in [1.29, 1.82) is 0 Å². The van der Waals surface area contributed by atoms with Crippen molar-refractivity contribution in [3.8, 4) is 24.2 Å². The monoisotopic (exact) mass is 361 g/mol. The average Bonchev–Trinajstić information content (AvgIpc) is 2.69. The molecule has 2 aromatic carbocycles. The molecule has 1 aliphatic rings. The molecule has 1 aliphatic heterocycles. The van der Waals surface area contributed by atoms with Crippen LogP contribution in [0.25, 0.3) is 0 Å². The van der Waals surface area contributed by atoms with Crippen molar-refractivity contribution in [3.05, 3.63) is 48.5 Å². The first kappa shape index (κ1) is 18.5. The first-order chi connectivity index (χ1) is 12.7. The van der Waals surface area contributed by atoms with Crippen LogP contribution in [0, 0.1) is 24.2 Å². The van der Waals surface area contributed by atoms with Crippen molar-refractivity contribution in [2.24, 2.45) is 0 Å². The Labute approximate surface area is 161 Å². The van der Waals surface area contributed by atoms with Gasteiger partial charge in [-0.25, -0.2) is 0 Å². The fourth-order valence-electron chi connectivity index (χ4n) is 3.23. The molecule has 0 radical (unpaired) electrons. The second kappa shape index (κ2) is 8.37. The second-order valence-electron chi connectivity index (χ2n) is 6.47. The fraction of sp³-hybridized carbons (Fsp3) is 0.304. The number of fused-ring (bicyclic) bond motifs is 2. The zero-order valence-corrected chi connectivity index (χ0v) is 16.4. The molecule has 0 aromatic heterocycles. The molecular formula is C23H25N2S+. The van der Waals surface area contributed by atoms with Gasteiger partial charge in [-0.2, -0.15) is 0 Å². The van der Waals surface area contributed by atoms with E-state index in [0.717, 1.165) is 30.7 Å². The predicted molar refractivity (Wildman–Crippen MR) is 112 cm³/mol. The Balaban J connectivity index is 1.82. The van der Waals surface area contributed by atoms with Crippen LogP contribution in [-0.4, -0.2) is 37.2 Å². The van der Waals surface area contributed by atoms with Crippen LogP contribution < -0.4 is 4.90 Å². The highest BCUT2D eigenvalue weighted by Crippen LogP contribution is 2.47. The van der Waals surface area contributed by atoms with Crippen molar-refractivity contribution in [3.63, 3.8) is 0 Å². The van der Waals surface area contributed by atoms with E-state index in [1.165, 1.54) is 21.2 Å². The van der Waals surface area contributed by atoms with E-state index in [-0.39, 0.29) is 0 Å². The molecule has 0 amide bonds. The van der Waals surface area contributed by atoms with Gasteiger partial charge in [-0.1, -0.05) is 41.9 Å². The van der Waals surface area contributed by atoms with Crippen molar-refractivity contribution >= 4 is 23.1 Å². The van der Waals surface area contributed by atoms with Crippen molar-refractivity contribution in [2.45, 2.75) is 23.6 Å². The van der Waals surface area contributed by atoms with Crippen LogP contribution in [-0.2, 0) is 0 Å². The molecule has 2 aromatic rings. The summed E-state index contributed by atoms with van der Waals surface area (Å²) in [5, 5.41) is 0. The van der Waals surface area contributed by atoms with Gasteiger partial charge in [0.15, 0.2) is 0 Å². The summed E-state index contributed by atoms with van der Waals surface area (Å²) < 4.78 is 0.868. The molecule has 0 fully saturated rings. The first-order valence-electron chi connectivity index (χ1n) is 9.10. The molecule has 0 saturated heterocycles. The van der Waals surface area contributed by atoms with E-state index >= 15 is 0 Å². The minimum Gasteiger partial charge on any atom is -0.328 e. The number of hydrogen-bond donors (Lipinski definition) is 0. The molecule has 0 unspecified atom stereocenters. The fourth-order valence-corrected chi connectivity index (χ4v) is 4.33. The van der Waals surface area contributed by atoms with Gasteiger partial charge in [0.2, 0.25) is 0 Å². The molecule has 2 nitrogen and oxygen atoms in total. The van der Waals surface area contributed by atoms with Crippen molar-refractivity contribution in [2.75, 3.05) is 37.6 Å². The molecule has 132 valence electrons. The lowest BCUT2D eigenvalue weighted by molar-refractivity contribution is -0.911. The zero-order valence-electron chi connectivity index (χ0n) is 15.5. The third-order valence-electron chi connectivity index (χ3n) is 5.08. The molecule has 3 heteroatoms. The van der Waals surface area contributed by atoms with E-state index in [9.17, 15) is 0 Å². The quantitative estimate of drug-likeness (QED) is 0.557. The van der Waals surface area contributed by atoms with Crippen LogP contribution in [0.15, 0.2) is 58.3 Å². The lowest BCUT2D eigenvalue weighted by Crippen LogP contribution is -2.48. The lowest BCUT2D eigenvalue weighted by atomic mass is 10.2. The highest BCUT2D eigenvalue weighted by Gasteiger charge is 2.22. The summed E-state index contributed by atoms with van der Waals surface area (Å²) in [4.78, 5) is 4.89. The number of quaternary nitrogens is 1. The molecule has 26 heavy (non-hydrogen) atoms. The van der Waals surface area contributed by atoms with Crippen LogP contribution in [0.5, 0.6) is 0 Å². The van der Waals surface area contributed by atoms with Crippen LogP contribution in [0.2, 0.25) is 0 Å². The van der Waals surface area contributed by atoms with Gasteiger partial charge in [0.05, 0.1) is 31.0 Å². The summed E-state index contributed by atoms with van der Waals surface area (Å²) in [7, 11) is 0. The smallest absolute Gasteiger partial charge is 0.141 e. The van der Waals surface area contributed by atoms with Gasteiger partial charge >= 0.3 is 0 Å². The van der Waals surface area contributed by atoms with Gasteiger partial charge in [-0.05, 0) is 50.0 Å². The van der Waals surface area contributed by atoms with Crippen LogP contribution in [0.1, 0.15) is 13.8 Å². The number of anilines is 2. The number of rotatable bonds is 5. The van der Waals surface area contributed by atoms with Gasteiger partial charge in [0.1, 0.15) is 13.1 Å². The van der Waals surface area contributed by atoms with E-state index in [1.54, 1.807) is 0 Å². The second-order valence-corrected chi connectivity index (χ2v) is 7.56. The Morgan fingerprint density at radius 1 is 0.885 bits per heavy atom. The Hall–Kier alpha value is -2.33. The standard InChI is InChI=1S/C23H25N2S/c1-4-18-25(5-2,6-3)19-12-11-17-24-20-13-7-9-15-22(20)26-23-16-10-8-14-21(23)24/h1,7-10,13-16H,5-6,17-19H2,2-3H3/q+1. The normalized spacial score (nSPS) is 12.4. The minimum atomic E-state index is 0.693. The molecule has 0 atom stereocenters. The Morgan fingerprint density at radius 3 is 2.00 bits per heavy atom. The van der Waals surface area contributed by atoms with Gasteiger partial charge in [-0.3, -0.25) is 0 Å². The summed E-state index contributed by atoms with van der Waals surface area (Å²) in [6.45, 7) is 8.66. The van der Waals surface area contributed by atoms with E-state index in [4.69, 9.17) is 6.42 Å². The third-order valence-corrected chi connectivity index (χ3v) is 6.21. The lowest BCUT2D eigenvalue weighted by Gasteiger charge is -2.33. The van der Waals surface area contributed by atoms with Crippen molar-refractivity contribution in [1.82, 2.24) is 0 Å². The summed E-state index contributed by atoms with van der Waals surface area (Å²) in [5.41, 5.74) is 2.47. The van der Waals surface area contributed by atoms with Gasteiger partial charge in [-0.15, -0.1) is 6.42 Å². The maximum atomic E-state index is 5.57. The zero-order chi connectivity index (χ0) is 18.4. The SMILES string of the molecule is C#CC[N+](CC)(CC)CC#CCN1c2ccccc2Sc2ccccc21. The Bertz CT molecular complexity index is 820. The van der Waals surface area contributed by atoms with Crippen molar-refractivity contribution < 1.29 is 4.48 Å². The van der Waals surface area contributed by atoms with E-state index in [0.29, 0.717) is 6.54 Å². The average molecular weight is 362 g/mol. The molecule has 0 saturated carbocycles. The molecular weight excluding hydrogens is 336 g/mol. The number of nitrogens with zero attached hydrogens (tertiary/aromatic N) is 2. The van der Waals surface area contributed by atoms with E-state index in [2.05, 4.69) is 85.0 Å². The van der Waals surface area contributed by atoms with Crippen LogP contribution >= 0.6 is 11.8 Å². The van der Waals surface area contributed by atoms with Crippen LogP contribution in [0.4, 0.5) is 11.4 Å². The summed E-state index contributed by atoms with van der Waals surface area (Å²) in [6, 6.07) is 17.1. The number of benzene rings is 2. The highest BCUT2D eigenvalue weighted by atomic mass is 32.2. The van der Waals surface area contributed by atoms with E-state index in [1.807, 2.05) is 11.8 Å². The minimum absolute atomic E-state index is 0.693. The summed E-state index contributed by atoms with van der Waals surface area (Å²) >= 11 is 1.83. The van der Waals surface area contributed by atoms with E-state index < -0.39 is 0 Å². The Morgan fingerprint density at radius 2 is 1.46 bits per heavy atom. The molecule has 0 spiro atoms. The van der Waals surface area contributed by atoms with Gasteiger partial charge < -0.3 is 9.38 Å². The maximum absolute atomic E-state index is 5.57. The topological polar surface area (TPSA) is 3.24 Å². The highest BCUT2D eigenvalue weighted by molar-refractivity contribution is 7.99. The largest absolute Gasteiger partial charge is 0.328 e. The molecule has 0 N–H and O–H groups in total. The number of para-hydroxylation sites is 2. The molecule has 1 heterocycles. The predicted octanol–water partition coefficient (Wildman–Crippen LogP) is 4.78. The van der Waals surface area contributed by atoms with Crippen LogP contribution in [0.3, 0.4) is 0 Å².